The molecule has 4 aliphatic rings. The number of hydrogen-bond donors (Lipinski definition) is 4. The maximum atomic E-state index is 14.5. The molecule has 17 nitrogen and oxygen atoms in total. The molecule has 0 radical (unpaired) electrons. The van der Waals surface area contributed by atoms with E-state index in [1.807, 2.05) is 51.2 Å². The van der Waals surface area contributed by atoms with Gasteiger partial charge in [-0.05, 0) is 114 Å². The largest absolute Gasteiger partial charge is 0.460 e. The highest BCUT2D eigenvalue weighted by molar-refractivity contribution is 6.39. The molecule has 0 aromatic rings. The minimum atomic E-state index is -2.47. The Bertz CT molecular complexity index is 2010. The van der Waals surface area contributed by atoms with Gasteiger partial charge in [-0.1, -0.05) is 71.1 Å². The molecule has 14 unspecified atom stereocenters. The zero-order chi connectivity index (χ0) is 54.4. The lowest BCUT2D eigenvalue weighted by Gasteiger charge is -2.42. The molecular formula is C56H87NO16. The molecule has 73 heavy (non-hydrogen) atoms. The smallest absolute Gasteiger partial charge is 0.329 e. The fourth-order valence-electron chi connectivity index (χ4n) is 10.7. The van der Waals surface area contributed by atoms with Crippen molar-refractivity contribution in [3.05, 3.63) is 47.6 Å². The van der Waals surface area contributed by atoms with Crippen molar-refractivity contribution in [2.45, 2.75) is 187 Å². The lowest BCUT2D eigenvalue weighted by Crippen LogP contribution is -2.61. The van der Waals surface area contributed by atoms with Gasteiger partial charge in [-0.3, -0.25) is 24.0 Å². The average Bonchev–Trinajstić information content (AvgIpc) is 3.37. The molecule has 3 aliphatic heterocycles. The lowest BCUT2D eigenvalue weighted by atomic mass is 9.78. The van der Waals surface area contributed by atoms with Crippen LogP contribution in [0.4, 0.5) is 0 Å². The number of fused-ring (bicyclic) bond motifs is 3. The Labute approximate surface area is 433 Å². The van der Waals surface area contributed by atoms with Crippen molar-refractivity contribution >= 4 is 35.2 Å². The number of nitrogens with zero attached hydrogens (tertiary/aromatic N) is 1. The Morgan fingerprint density at radius 3 is 2.21 bits per heavy atom. The Balaban J connectivity index is 1.69. The van der Waals surface area contributed by atoms with E-state index in [0.29, 0.717) is 69.8 Å². The predicted molar refractivity (Wildman–Crippen MR) is 271 cm³/mol. The second-order valence-corrected chi connectivity index (χ2v) is 21.8. The van der Waals surface area contributed by atoms with Crippen LogP contribution in [0.15, 0.2) is 47.6 Å². The van der Waals surface area contributed by atoms with E-state index >= 15 is 0 Å². The van der Waals surface area contributed by atoms with Crippen LogP contribution in [-0.4, -0.2) is 156 Å². The van der Waals surface area contributed by atoms with Gasteiger partial charge in [0.05, 0.1) is 31.5 Å². The fraction of sp³-hybridized carbons (Fsp3) is 0.750. The summed E-state index contributed by atoms with van der Waals surface area (Å²) < 4.78 is 35.4. The van der Waals surface area contributed by atoms with Crippen LogP contribution in [0.2, 0.25) is 0 Å². The summed E-state index contributed by atoms with van der Waals surface area (Å²) in [5.41, 5.74) is -0.277. The summed E-state index contributed by atoms with van der Waals surface area (Å²) in [5.74, 6) is -9.36. The number of aliphatic hydroxyl groups is 4. The van der Waals surface area contributed by atoms with E-state index in [9.17, 15) is 49.2 Å². The van der Waals surface area contributed by atoms with Gasteiger partial charge >= 0.3 is 11.9 Å². The minimum Gasteiger partial charge on any atom is -0.460 e. The molecule has 3 heterocycles. The first kappa shape index (κ1) is 61.6. The highest BCUT2D eigenvalue weighted by Gasteiger charge is 2.53. The number of amides is 1. The molecule has 15 atom stereocenters. The van der Waals surface area contributed by atoms with Crippen molar-refractivity contribution < 1.29 is 77.6 Å². The molecule has 1 amide bonds. The van der Waals surface area contributed by atoms with E-state index in [4.69, 9.17) is 28.4 Å². The molecule has 0 aromatic heterocycles. The molecule has 2 bridgehead atoms. The minimum absolute atomic E-state index is 0.00697. The van der Waals surface area contributed by atoms with Crippen molar-refractivity contribution in [1.29, 1.82) is 0 Å². The van der Waals surface area contributed by atoms with Gasteiger partial charge in [-0.15, -0.1) is 0 Å². The summed E-state index contributed by atoms with van der Waals surface area (Å²) in [6, 6.07) is -1.20. The number of aliphatic hydroxyl groups excluding tert-OH is 3. The first-order valence-electron chi connectivity index (χ1n) is 26.4. The number of ketones is 3. The van der Waals surface area contributed by atoms with Crippen LogP contribution in [-0.2, 0) is 57.2 Å². The third-order valence-electron chi connectivity index (χ3n) is 15.9. The number of hydrogen-bond acceptors (Lipinski definition) is 16. The number of piperidine rings is 1. The molecule has 2 saturated heterocycles. The second kappa shape index (κ2) is 28.3. The second-order valence-electron chi connectivity index (χ2n) is 21.8. The monoisotopic (exact) mass is 1030 g/mol. The van der Waals surface area contributed by atoms with Gasteiger partial charge < -0.3 is 53.7 Å². The van der Waals surface area contributed by atoms with E-state index in [-0.39, 0.29) is 42.8 Å². The van der Waals surface area contributed by atoms with Crippen LogP contribution in [0.1, 0.15) is 132 Å². The molecule has 0 spiro atoms. The standard InChI is InChI=1S/C56H87NO16/c1-33-17-13-12-14-18-34(2)45(68-9)29-41-22-20-39(7)56(67,73-41)51(63)52(64)57-24-16-15-19-42(57)53(65)71-46(30-43(60)35(3)26-38(6)49(62)50(70-11)48(61)37(5)25-33)36(4)27-40-21-23-44(47(28-40)69-10)72-54(66)55(8,31-58)32-59/h12-14,17-18,26,33,35-37,39-42,44-47,49-50,58-59,62,67H,15-16,19-25,27-32H2,1-11H3/b14-12+,17-13+,34-18+,38-26+/t33?,35?,36?,37?,39?,40?,41?,42-,44?,45?,46?,47?,49?,50?,56?/m0/s1. The maximum Gasteiger partial charge on any atom is 0.329 e. The summed E-state index contributed by atoms with van der Waals surface area (Å²) in [7, 11) is 4.43. The van der Waals surface area contributed by atoms with Gasteiger partial charge in [0.1, 0.15) is 41.7 Å². The van der Waals surface area contributed by atoms with Gasteiger partial charge in [0.2, 0.25) is 5.79 Å². The number of rotatable bonds is 10. The molecule has 4 N–H and O–H groups in total. The molecule has 4 rings (SSSR count). The highest BCUT2D eigenvalue weighted by Crippen LogP contribution is 2.38. The molecule has 1 saturated carbocycles. The molecule has 17 heteroatoms. The van der Waals surface area contributed by atoms with E-state index in [1.54, 1.807) is 40.9 Å². The number of esters is 2. The predicted octanol–water partition coefficient (Wildman–Crippen LogP) is 5.72. The zero-order valence-electron chi connectivity index (χ0n) is 45.3. The van der Waals surface area contributed by atoms with Crippen LogP contribution in [0.25, 0.3) is 0 Å². The van der Waals surface area contributed by atoms with Crippen molar-refractivity contribution in [3.8, 4) is 0 Å². The van der Waals surface area contributed by atoms with Gasteiger partial charge in [0.25, 0.3) is 11.7 Å². The SMILES string of the molecule is COC1CC2CCC(C)C(O)(O2)C(=O)C(=O)N2CCCC[C@H]2C(=O)OC(C(C)CC2CCC(OC(=O)C(C)(CO)CO)C(OC)C2)CC(=O)C(C)/C=C(\C)C(O)C(OC)C(=O)C(C)CC(C)/C=C/C=C/C=C/1C. The third-order valence-corrected chi connectivity index (χ3v) is 15.9. The van der Waals surface area contributed by atoms with Crippen molar-refractivity contribution in [1.82, 2.24) is 4.90 Å². The number of allylic oxidation sites excluding steroid dienone is 6. The zero-order valence-corrected chi connectivity index (χ0v) is 45.3. The van der Waals surface area contributed by atoms with Gasteiger partial charge in [0.15, 0.2) is 5.78 Å². The molecule has 3 fully saturated rings. The summed E-state index contributed by atoms with van der Waals surface area (Å²) in [6.45, 7) is 12.7. The van der Waals surface area contributed by atoms with Gasteiger partial charge in [-0.25, -0.2) is 4.79 Å². The number of Topliss-reactive ketones (excluding diaryl/α,β-unsaturated/α-hetero) is 3. The van der Waals surface area contributed by atoms with E-state index in [1.165, 1.54) is 21.1 Å². The van der Waals surface area contributed by atoms with Gasteiger partial charge in [-0.2, -0.15) is 0 Å². The molecule has 1 aliphatic carbocycles. The third kappa shape index (κ3) is 16.0. The van der Waals surface area contributed by atoms with Gasteiger partial charge in [0, 0.05) is 58.5 Å². The molecular weight excluding hydrogens is 943 g/mol. The number of carbonyl (C=O) groups is 6. The number of cyclic esters (lactones) is 1. The summed E-state index contributed by atoms with van der Waals surface area (Å²) in [5, 5.41) is 43.1. The van der Waals surface area contributed by atoms with Crippen molar-refractivity contribution in [3.63, 3.8) is 0 Å². The van der Waals surface area contributed by atoms with Crippen LogP contribution in [0, 0.1) is 40.9 Å². The first-order valence-corrected chi connectivity index (χ1v) is 26.4. The highest BCUT2D eigenvalue weighted by atomic mass is 16.6. The van der Waals surface area contributed by atoms with Crippen LogP contribution < -0.4 is 0 Å². The Morgan fingerprint density at radius 2 is 1.56 bits per heavy atom. The van der Waals surface area contributed by atoms with E-state index in [0.717, 1.165) is 10.5 Å². The number of methoxy groups -OCH3 is 3. The number of carbonyl (C=O) groups excluding carboxylic acids is 6. The fourth-order valence-corrected chi connectivity index (χ4v) is 10.7. The molecule has 0 aromatic carbocycles. The first-order chi connectivity index (χ1) is 34.5. The van der Waals surface area contributed by atoms with E-state index in [2.05, 4.69) is 0 Å². The summed E-state index contributed by atoms with van der Waals surface area (Å²) in [4.78, 5) is 85.4. The molecule has 412 valence electrons. The lowest BCUT2D eigenvalue weighted by molar-refractivity contribution is -0.265. The Hall–Kier alpha value is -3.94. The Kier molecular flexibility index (Phi) is 23.9. The topological polar surface area (TPSA) is 242 Å². The normalized spacial score (nSPS) is 37.4. The quantitative estimate of drug-likeness (QED) is 0.116. The van der Waals surface area contributed by atoms with Crippen molar-refractivity contribution in [2.24, 2.45) is 40.9 Å². The maximum absolute atomic E-state index is 14.5. The summed E-state index contributed by atoms with van der Waals surface area (Å²) >= 11 is 0. The van der Waals surface area contributed by atoms with E-state index < -0.39 is 120 Å². The Morgan fingerprint density at radius 1 is 0.863 bits per heavy atom. The average molecular weight is 1030 g/mol. The van der Waals surface area contributed by atoms with Crippen molar-refractivity contribution in [2.75, 3.05) is 41.1 Å². The van der Waals surface area contributed by atoms with Crippen LogP contribution in [0.5, 0.6) is 0 Å². The van der Waals surface area contributed by atoms with Crippen LogP contribution in [0.3, 0.4) is 0 Å². The summed E-state index contributed by atoms with van der Waals surface area (Å²) in [6.07, 6.45) is 9.76. The number of ether oxygens (including phenoxy) is 6. The van der Waals surface area contributed by atoms with Crippen LogP contribution >= 0.6 is 0 Å².